The van der Waals surface area contributed by atoms with Crippen molar-refractivity contribution < 1.29 is 4.63 Å². The lowest BCUT2D eigenvalue weighted by atomic mass is 10.2. The van der Waals surface area contributed by atoms with Crippen molar-refractivity contribution in [1.29, 1.82) is 0 Å². The molecule has 0 saturated carbocycles. The van der Waals surface area contributed by atoms with Gasteiger partial charge in [-0.15, -0.1) is 0 Å². The first-order valence-corrected chi connectivity index (χ1v) is 6.54. The Morgan fingerprint density at radius 1 is 1.16 bits per heavy atom. The molecule has 0 radical (unpaired) electrons. The Balaban J connectivity index is 2.01. The van der Waals surface area contributed by atoms with Gasteiger partial charge in [-0.25, -0.2) is 4.63 Å². The average Bonchev–Trinajstić information content (AvgIpc) is 2.83. The number of rotatable bonds is 7. The summed E-state index contributed by atoms with van der Waals surface area (Å²) < 4.78 is 4.75. The summed E-state index contributed by atoms with van der Waals surface area (Å²) in [4.78, 5) is 2.31. The van der Waals surface area contributed by atoms with Gasteiger partial charge in [0.05, 0.1) is 0 Å². The summed E-state index contributed by atoms with van der Waals surface area (Å²) in [6.45, 7) is 5.17. The SMILES string of the molecule is Cc1nonc1CN(CCCN)Cc1ccccc1. The second kappa shape index (κ2) is 7.01. The third-order valence-corrected chi connectivity index (χ3v) is 3.05. The summed E-state index contributed by atoms with van der Waals surface area (Å²) in [5.74, 6) is 0. The summed E-state index contributed by atoms with van der Waals surface area (Å²) in [7, 11) is 0. The van der Waals surface area contributed by atoms with Gasteiger partial charge in [0.1, 0.15) is 11.4 Å². The maximum atomic E-state index is 5.60. The first kappa shape index (κ1) is 13.7. The molecule has 5 nitrogen and oxygen atoms in total. The Kier molecular flexibility index (Phi) is 5.06. The van der Waals surface area contributed by atoms with Gasteiger partial charge in [0, 0.05) is 19.6 Å². The van der Waals surface area contributed by atoms with Gasteiger partial charge in [-0.1, -0.05) is 40.6 Å². The molecule has 2 rings (SSSR count). The molecule has 2 N–H and O–H groups in total. The summed E-state index contributed by atoms with van der Waals surface area (Å²) in [6.07, 6.45) is 0.969. The molecule has 0 bridgehead atoms. The molecule has 102 valence electrons. The van der Waals surface area contributed by atoms with E-state index in [-0.39, 0.29) is 0 Å². The zero-order valence-corrected chi connectivity index (χ0v) is 11.2. The molecule has 0 spiro atoms. The molecule has 0 amide bonds. The third kappa shape index (κ3) is 4.15. The van der Waals surface area contributed by atoms with Gasteiger partial charge in [-0.2, -0.15) is 0 Å². The van der Waals surface area contributed by atoms with Crippen LogP contribution in [0.3, 0.4) is 0 Å². The number of hydrogen-bond donors (Lipinski definition) is 1. The third-order valence-electron chi connectivity index (χ3n) is 3.05. The smallest absolute Gasteiger partial charge is 0.122 e. The normalized spacial score (nSPS) is 11.1. The molecule has 0 aliphatic carbocycles. The standard InChI is InChI=1S/C14H20N4O/c1-12-14(17-19-16-12)11-18(9-5-8-15)10-13-6-3-2-4-7-13/h2-4,6-7H,5,8-11,15H2,1H3. The fourth-order valence-electron chi connectivity index (χ4n) is 1.98. The van der Waals surface area contributed by atoms with Crippen LogP contribution >= 0.6 is 0 Å². The fourth-order valence-corrected chi connectivity index (χ4v) is 1.98. The molecule has 0 unspecified atom stereocenters. The molecule has 19 heavy (non-hydrogen) atoms. The van der Waals surface area contributed by atoms with Gasteiger partial charge in [0.25, 0.3) is 0 Å². The van der Waals surface area contributed by atoms with Crippen LogP contribution in [0.2, 0.25) is 0 Å². The monoisotopic (exact) mass is 260 g/mol. The van der Waals surface area contributed by atoms with E-state index in [9.17, 15) is 0 Å². The van der Waals surface area contributed by atoms with Crippen LogP contribution in [0.25, 0.3) is 0 Å². The van der Waals surface area contributed by atoms with Crippen LogP contribution in [0.1, 0.15) is 23.4 Å². The zero-order chi connectivity index (χ0) is 13.5. The van der Waals surface area contributed by atoms with Gasteiger partial charge in [0.15, 0.2) is 0 Å². The molecule has 1 heterocycles. The quantitative estimate of drug-likeness (QED) is 0.821. The number of aromatic nitrogens is 2. The first-order chi connectivity index (χ1) is 9.29. The van der Waals surface area contributed by atoms with E-state index < -0.39 is 0 Å². The van der Waals surface area contributed by atoms with E-state index in [1.54, 1.807) is 0 Å². The van der Waals surface area contributed by atoms with Crippen molar-refractivity contribution in [3.05, 3.63) is 47.3 Å². The van der Waals surface area contributed by atoms with Crippen molar-refractivity contribution >= 4 is 0 Å². The molecule has 0 atom stereocenters. The van der Waals surface area contributed by atoms with E-state index in [1.807, 2.05) is 13.0 Å². The van der Waals surface area contributed by atoms with Crippen molar-refractivity contribution in [2.24, 2.45) is 5.73 Å². The number of nitrogens with two attached hydrogens (primary N) is 1. The highest BCUT2D eigenvalue weighted by Gasteiger charge is 2.12. The number of nitrogens with zero attached hydrogens (tertiary/aromatic N) is 3. The van der Waals surface area contributed by atoms with E-state index in [0.29, 0.717) is 6.54 Å². The van der Waals surface area contributed by atoms with Crippen molar-refractivity contribution in [2.45, 2.75) is 26.4 Å². The van der Waals surface area contributed by atoms with Crippen molar-refractivity contribution in [3.8, 4) is 0 Å². The van der Waals surface area contributed by atoms with E-state index in [4.69, 9.17) is 10.4 Å². The largest absolute Gasteiger partial charge is 0.330 e. The molecule has 0 fully saturated rings. The van der Waals surface area contributed by atoms with Gasteiger partial charge in [-0.3, -0.25) is 4.90 Å². The fraction of sp³-hybridized carbons (Fsp3) is 0.429. The highest BCUT2D eigenvalue weighted by Crippen LogP contribution is 2.10. The summed E-state index contributed by atoms with van der Waals surface area (Å²) in [6, 6.07) is 10.4. The van der Waals surface area contributed by atoms with Crippen LogP contribution in [0.5, 0.6) is 0 Å². The van der Waals surface area contributed by atoms with Crippen LogP contribution in [0.15, 0.2) is 35.0 Å². The Bertz CT molecular complexity index is 483. The summed E-state index contributed by atoms with van der Waals surface area (Å²) >= 11 is 0. The van der Waals surface area contributed by atoms with Crippen LogP contribution in [0, 0.1) is 6.92 Å². The number of hydrogen-bond acceptors (Lipinski definition) is 5. The lowest BCUT2D eigenvalue weighted by Crippen LogP contribution is -2.26. The Labute approximate surface area is 113 Å². The lowest BCUT2D eigenvalue weighted by Gasteiger charge is -2.21. The second-order valence-electron chi connectivity index (χ2n) is 4.63. The summed E-state index contributed by atoms with van der Waals surface area (Å²) in [5.41, 5.74) is 8.63. The Morgan fingerprint density at radius 3 is 2.58 bits per heavy atom. The molecule has 0 aliphatic heterocycles. The van der Waals surface area contributed by atoms with E-state index >= 15 is 0 Å². The predicted molar refractivity (Wildman–Crippen MR) is 73.3 cm³/mol. The van der Waals surface area contributed by atoms with E-state index in [0.717, 1.165) is 37.4 Å². The van der Waals surface area contributed by atoms with Crippen LogP contribution < -0.4 is 5.73 Å². The van der Waals surface area contributed by atoms with Gasteiger partial charge in [-0.05, 0) is 25.5 Å². The van der Waals surface area contributed by atoms with Crippen LogP contribution in [-0.2, 0) is 13.1 Å². The van der Waals surface area contributed by atoms with E-state index in [1.165, 1.54) is 5.56 Å². The second-order valence-corrected chi connectivity index (χ2v) is 4.63. The molecule has 2 aromatic rings. The minimum Gasteiger partial charge on any atom is -0.330 e. The first-order valence-electron chi connectivity index (χ1n) is 6.54. The highest BCUT2D eigenvalue weighted by molar-refractivity contribution is 5.15. The number of aryl methyl sites for hydroxylation is 1. The van der Waals surface area contributed by atoms with E-state index in [2.05, 4.69) is 39.5 Å². The zero-order valence-electron chi connectivity index (χ0n) is 11.2. The molecule has 1 aromatic carbocycles. The molecule has 1 aromatic heterocycles. The molecule has 0 aliphatic rings. The molecular weight excluding hydrogens is 240 g/mol. The molecule has 0 saturated heterocycles. The summed E-state index contributed by atoms with van der Waals surface area (Å²) in [5, 5.41) is 7.77. The maximum Gasteiger partial charge on any atom is 0.122 e. The van der Waals surface area contributed by atoms with Crippen LogP contribution in [-0.4, -0.2) is 28.3 Å². The van der Waals surface area contributed by atoms with Gasteiger partial charge >= 0.3 is 0 Å². The van der Waals surface area contributed by atoms with Crippen molar-refractivity contribution in [3.63, 3.8) is 0 Å². The average molecular weight is 260 g/mol. The molecule has 5 heteroatoms. The molecular formula is C14H20N4O. The maximum absolute atomic E-state index is 5.60. The van der Waals surface area contributed by atoms with Gasteiger partial charge in [0.2, 0.25) is 0 Å². The van der Waals surface area contributed by atoms with Crippen molar-refractivity contribution in [2.75, 3.05) is 13.1 Å². The number of benzene rings is 1. The topological polar surface area (TPSA) is 68.2 Å². The van der Waals surface area contributed by atoms with Gasteiger partial charge < -0.3 is 5.73 Å². The lowest BCUT2D eigenvalue weighted by molar-refractivity contribution is 0.241. The highest BCUT2D eigenvalue weighted by atomic mass is 16.6. The minimum absolute atomic E-state index is 0.696. The van der Waals surface area contributed by atoms with Crippen molar-refractivity contribution in [1.82, 2.24) is 15.2 Å². The predicted octanol–water partition coefficient (Wildman–Crippen LogP) is 1.73. The van der Waals surface area contributed by atoms with Crippen LogP contribution in [0.4, 0.5) is 0 Å². The minimum atomic E-state index is 0.696. The Hall–Kier alpha value is -1.72. The Morgan fingerprint density at radius 2 is 1.95 bits per heavy atom.